The molecule has 1 aromatic rings. The molecule has 0 unspecified atom stereocenters. The summed E-state index contributed by atoms with van der Waals surface area (Å²) in [4.78, 5) is 31.8. The third kappa shape index (κ3) is 2.60. The van der Waals surface area contributed by atoms with Gasteiger partial charge >= 0.3 is 19.1 Å². The van der Waals surface area contributed by atoms with E-state index in [0.29, 0.717) is 0 Å². The van der Waals surface area contributed by atoms with E-state index in [2.05, 4.69) is 0 Å². The van der Waals surface area contributed by atoms with E-state index in [-0.39, 0.29) is 11.2 Å². The van der Waals surface area contributed by atoms with Crippen LogP contribution in [0.2, 0.25) is 0 Å². The third-order valence-corrected chi connectivity index (χ3v) is 2.66. The fourth-order valence-corrected chi connectivity index (χ4v) is 1.76. The number of benzene rings is 1. The van der Waals surface area contributed by atoms with Crippen LogP contribution in [0.5, 0.6) is 0 Å². The van der Waals surface area contributed by atoms with E-state index in [1.807, 2.05) is 0 Å². The maximum atomic E-state index is 10.9. The highest BCUT2D eigenvalue weighted by atomic mass is 16.7. The van der Waals surface area contributed by atoms with Crippen molar-refractivity contribution < 1.29 is 34.0 Å². The second-order valence-corrected chi connectivity index (χ2v) is 3.97. The number of nitrogens with zero attached hydrogens (tertiary/aromatic N) is 1. The van der Waals surface area contributed by atoms with Crippen LogP contribution in [0.1, 0.15) is 0 Å². The molecule has 1 saturated heterocycles. The molecule has 1 aromatic carbocycles. The number of non-ortho nitro benzene ring substituents is 1. The number of hydrogen-bond acceptors (Lipinski definition) is 6. The minimum atomic E-state index is -1.67. The average Bonchev–Trinajstić information content (AvgIpc) is 2.84. The summed E-state index contributed by atoms with van der Waals surface area (Å²) in [6, 6.07) is 5.15. The zero-order valence-electron chi connectivity index (χ0n) is 9.83. The van der Waals surface area contributed by atoms with Crippen molar-refractivity contribution in [3.8, 4) is 0 Å². The van der Waals surface area contributed by atoms with Crippen molar-refractivity contribution in [2.75, 3.05) is 0 Å². The van der Waals surface area contributed by atoms with Gasteiger partial charge in [-0.05, 0) is 5.46 Å². The molecule has 0 bridgehead atoms. The largest absolute Gasteiger partial charge is 0.495 e. The molecular weight excluding hydrogens is 273 g/mol. The zero-order chi connectivity index (χ0) is 14.9. The zero-order valence-corrected chi connectivity index (χ0v) is 9.83. The van der Waals surface area contributed by atoms with Gasteiger partial charge in [0, 0.05) is 12.1 Å². The van der Waals surface area contributed by atoms with Crippen molar-refractivity contribution in [2.45, 2.75) is 12.2 Å². The van der Waals surface area contributed by atoms with Gasteiger partial charge in [0.2, 0.25) is 0 Å². The van der Waals surface area contributed by atoms with Gasteiger partial charge in [0.15, 0.2) is 12.2 Å². The molecule has 1 heterocycles. The van der Waals surface area contributed by atoms with Crippen molar-refractivity contribution in [3.63, 3.8) is 0 Å². The fraction of sp³-hybridized carbons (Fsp3) is 0.200. The molecule has 9 nitrogen and oxygen atoms in total. The highest BCUT2D eigenvalue weighted by Gasteiger charge is 2.48. The van der Waals surface area contributed by atoms with Gasteiger partial charge in [-0.25, -0.2) is 9.59 Å². The monoisotopic (exact) mass is 281 g/mol. The lowest BCUT2D eigenvalue weighted by Gasteiger charge is -2.08. The predicted molar refractivity (Wildman–Crippen MR) is 63.5 cm³/mol. The Kier molecular flexibility index (Phi) is 3.68. The Morgan fingerprint density at radius 1 is 1.20 bits per heavy atom. The quantitative estimate of drug-likeness (QED) is 0.417. The third-order valence-electron chi connectivity index (χ3n) is 2.66. The molecule has 0 aromatic heterocycles. The molecule has 10 heteroatoms. The van der Waals surface area contributed by atoms with Crippen LogP contribution in [-0.4, -0.2) is 46.4 Å². The minimum Gasteiger partial charge on any atom is -0.479 e. The van der Waals surface area contributed by atoms with Crippen LogP contribution in [0.4, 0.5) is 5.69 Å². The summed E-state index contributed by atoms with van der Waals surface area (Å²) in [5.74, 6) is -2.96. The maximum absolute atomic E-state index is 10.9. The smallest absolute Gasteiger partial charge is 0.479 e. The Hall–Kier alpha value is -2.46. The first-order valence-corrected chi connectivity index (χ1v) is 5.41. The molecule has 2 N–H and O–H groups in total. The van der Waals surface area contributed by atoms with Crippen LogP contribution in [0.15, 0.2) is 24.3 Å². The van der Waals surface area contributed by atoms with E-state index >= 15 is 0 Å². The lowest BCUT2D eigenvalue weighted by molar-refractivity contribution is -0.384. The van der Waals surface area contributed by atoms with E-state index in [4.69, 9.17) is 19.5 Å². The Bertz CT molecular complexity index is 554. The molecule has 1 aliphatic heterocycles. The Balaban J connectivity index is 2.27. The molecule has 1 fully saturated rings. The Labute approximate surface area is 112 Å². The fourth-order valence-electron chi connectivity index (χ4n) is 1.76. The second kappa shape index (κ2) is 5.27. The molecule has 1 aliphatic rings. The Morgan fingerprint density at radius 3 is 2.20 bits per heavy atom. The van der Waals surface area contributed by atoms with Crippen molar-refractivity contribution in [3.05, 3.63) is 34.4 Å². The van der Waals surface area contributed by atoms with Crippen molar-refractivity contribution in [2.24, 2.45) is 0 Å². The van der Waals surface area contributed by atoms with E-state index < -0.39 is 36.2 Å². The van der Waals surface area contributed by atoms with E-state index in [1.54, 1.807) is 0 Å². The van der Waals surface area contributed by atoms with Gasteiger partial charge in [-0.2, -0.15) is 0 Å². The van der Waals surface area contributed by atoms with Gasteiger partial charge in [0.25, 0.3) is 5.69 Å². The van der Waals surface area contributed by atoms with Crippen molar-refractivity contribution in [1.82, 2.24) is 0 Å². The van der Waals surface area contributed by atoms with E-state index in [9.17, 15) is 19.7 Å². The number of hydrogen-bond donors (Lipinski definition) is 2. The van der Waals surface area contributed by atoms with Gasteiger partial charge in [-0.3, -0.25) is 10.1 Å². The Morgan fingerprint density at radius 2 is 1.75 bits per heavy atom. The SMILES string of the molecule is O=C(O)[C@H]1OB(c2cccc([N+](=O)[O-])c2)O[C@@H]1C(=O)O. The lowest BCUT2D eigenvalue weighted by Crippen LogP contribution is -2.36. The number of nitro benzene ring substituents is 1. The van der Waals surface area contributed by atoms with Crippen LogP contribution in [-0.2, 0) is 18.9 Å². The predicted octanol–water partition coefficient (Wildman–Crippen LogP) is -0.757. The van der Waals surface area contributed by atoms with Gasteiger partial charge in [-0.1, -0.05) is 12.1 Å². The van der Waals surface area contributed by atoms with Crippen LogP contribution < -0.4 is 5.46 Å². The molecule has 20 heavy (non-hydrogen) atoms. The first kappa shape index (κ1) is 14.0. The molecule has 2 rings (SSSR count). The van der Waals surface area contributed by atoms with Crippen LogP contribution >= 0.6 is 0 Å². The van der Waals surface area contributed by atoms with Crippen LogP contribution in [0.25, 0.3) is 0 Å². The summed E-state index contributed by atoms with van der Waals surface area (Å²) < 4.78 is 9.98. The average molecular weight is 281 g/mol. The van der Waals surface area contributed by atoms with Crippen molar-refractivity contribution >= 4 is 30.2 Å². The summed E-state index contributed by atoms with van der Waals surface area (Å²) in [6.07, 6.45) is -3.34. The number of carboxylic acid groups (broad SMARTS) is 2. The van der Waals surface area contributed by atoms with Gasteiger partial charge in [0.05, 0.1) is 4.92 Å². The highest BCUT2D eigenvalue weighted by Crippen LogP contribution is 2.19. The maximum Gasteiger partial charge on any atom is 0.495 e. The number of carboxylic acids is 2. The van der Waals surface area contributed by atoms with E-state index in [1.165, 1.54) is 18.2 Å². The first-order chi connectivity index (χ1) is 9.40. The van der Waals surface area contributed by atoms with Gasteiger partial charge < -0.3 is 19.5 Å². The summed E-state index contributed by atoms with van der Waals surface area (Å²) >= 11 is 0. The molecule has 0 saturated carbocycles. The molecule has 0 radical (unpaired) electrons. The van der Waals surface area contributed by atoms with Crippen LogP contribution in [0.3, 0.4) is 0 Å². The molecule has 0 aliphatic carbocycles. The number of nitro groups is 1. The normalized spacial score (nSPS) is 21.7. The standard InChI is InChI=1S/C10H8BNO8/c13-9(14)7-8(10(15)16)20-11(19-7)5-2-1-3-6(4-5)12(17)18/h1-4,7-8H,(H,13,14)(H,15,16)/t7-,8-/m0/s1. The second-order valence-electron chi connectivity index (χ2n) is 3.97. The molecule has 0 spiro atoms. The summed E-state index contributed by atoms with van der Waals surface area (Å²) in [5, 5.41) is 28.4. The molecule has 0 amide bonds. The van der Waals surface area contributed by atoms with E-state index in [0.717, 1.165) is 6.07 Å². The summed E-state index contributed by atoms with van der Waals surface area (Å²) in [6.45, 7) is 0. The topological polar surface area (TPSA) is 136 Å². The number of carbonyl (C=O) groups is 2. The summed E-state index contributed by atoms with van der Waals surface area (Å²) in [7, 11) is -1.28. The van der Waals surface area contributed by atoms with Crippen LogP contribution in [0, 0.1) is 10.1 Å². The van der Waals surface area contributed by atoms with Crippen molar-refractivity contribution in [1.29, 1.82) is 0 Å². The minimum absolute atomic E-state index is 0.175. The number of aliphatic carboxylic acids is 2. The number of rotatable bonds is 4. The summed E-state index contributed by atoms with van der Waals surface area (Å²) in [5.41, 5.74) is -0.0606. The molecular formula is C10H8BNO8. The first-order valence-electron chi connectivity index (χ1n) is 5.41. The van der Waals surface area contributed by atoms with Gasteiger partial charge in [-0.15, -0.1) is 0 Å². The highest BCUT2D eigenvalue weighted by molar-refractivity contribution is 6.62. The lowest BCUT2D eigenvalue weighted by atomic mass is 9.79. The molecule has 2 atom stereocenters. The molecule has 104 valence electrons. The van der Waals surface area contributed by atoms with Gasteiger partial charge in [0.1, 0.15) is 0 Å².